The molecule has 2 aliphatic carbocycles. The van der Waals surface area contributed by atoms with Crippen LogP contribution in [0.1, 0.15) is 78.2 Å². The summed E-state index contributed by atoms with van der Waals surface area (Å²) in [6, 6.07) is 11.5. The minimum atomic E-state index is -0.224. The maximum atomic E-state index is 13.7. The van der Waals surface area contributed by atoms with Crippen LogP contribution in [0.15, 0.2) is 30.3 Å². The molecule has 3 aliphatic rings. The molecule has 1 N–H and O–H groups in total. The lowest BCUT2D eigenvalue weighted by Crippen LogP contribution is -2.55. The monoisotopic (exact) mass is 398 g/mol. The Morgan fingerprint density at radius 1 is 1.07 bits per heavy atom. The van der Waals surface area contributed by atoms with Crippen molar-refractivity contribution in [2.75, 3.05) is 20.1 Å². The molecule has 3 heteroatoms. The lowest BCUT2D eigenvalue weighted by atomic mass is 9.50. The van der Waals surface area contributed by atoms with Crippen LogP contribution in [0.25, 0.3) is 0 Å². The third-order valence-corrected chi connectivity index (χ3v) is 7.70. The molecule has 1 saturated heterocycles. The number of hydrogen-bond acceptors (Lipinski definition) is 2. The van der Waals surface area contributed by atoms with Gasteiger partial charge in [0.1, 0.15) is 0 Å². The second-order valence-electron chi connectivity index (χ2n) is 10.1. The van der Waals surface area contributed by atoms with Gasteiger partial charge in [-0.25, -0.2) is 0 Å². The van der Waals surface area contributed by atoms with Gasteiger partial charge >= 0.3 is 0 Å². The molecule has 4 unspecified atom stereocenters. The molecule has 0 aromatic heterocycles. The first-order valence-electron chi connectivity index (χ1n) is 12.0. The van der Waals surface area contributed by atoms with E-state index in [9.17, 15) is 4.79 Å². The molecule has 1 heterocycles. The van der Waals surface area contributed by atoms with Crippen molar-refractivity contribution in [1.82, 2.24) is 10.2 Å². The van der Waals surface area contributed by atoms with Gasteiger partial charge in [-0.2, -0.15) is 0 Å². The van der Waals surface area contributed by atoms with Crippen molar-refractivity contribution in [2.24, 2.45) is 17.3 Å². The van der Waals surface area contributed by atoms with Crippen molar-refractivity contribution < 1.29 is 4.79 Å². The summed E-state index contributed by atoms with van der Waals surface area (Å²) >= 11 is 0. The lowest BCUT2D eigenvalue weighted by Gasteiger charge is -2.55. The Labute approximate surface area is 178 Å². The van der Waals surface area contributed by atoms with Crippen LogP contribution in [0.5, 0.6) is 0 Å². The van der Waals surface area contributed by atoms with Gasteiger partial charge in [0.15, 0.2) is 0 Å². The minimum absolute atomic E-state index is 0.182. The number of fused-ring (bicyclic) bond motifs is 2. The summed E-state index contributed by atoms with van der Waals surface area (Å²) in [6.07, 6.45) is 8.04. The number of carbonyl (C=O) groups excluding carboxylic acids is 1. The molecule has 3 fully saturated rings. The fourth-order valence-corrected chi connectivity index (χ4v) is 6.87. The zero-order valence-electron chi connectivity index (χ0n) is 19.3. The molecule has 162 valence electrons. The lowest BCUT2D eigenvalue weighted by molar-refractivity contribution is -0.149. The van der Waals surface area contributed by atoms with Crippen molar-refractivity contribution in [3.8, 4) is 0 Å². The predicted molar refractivity (Wildman–Crippen MR) is 122 cm³/mol. The molecule has 0 radical (unpaired) electrons. The van der Waals surface area contributed by atoms with Crippen LogP contribution >= 0.6 is 0 Å². The number of carbonyl (C=O) groups is 1. The van der Waals surface area contributed by atoms with Crippen molar-refractivity contribution in [3.05, 3.63) is 35.9 Å². The Morgan fingerprint density at radius 3 is 2.38 bits per heavy atom. The zero-order chi connectivity index (χ0) is 21.1. The fourth-order valence-electron chi connectivity index (χ4n) is 6.87. The van der Waals surface area contributed by atoms with Gasteiger partial charge in [0, 0.05) is 18.5 Å². The molecule has 2 bridgehead atoms. The van der Waals surface area contributed by atoms with Crippen molar-refractivity contribution in [1.29, 1.82) is 0 Å². The second-order valence-corrected chi connectivity index (χ2v) is 10.1. The van der Waals surface area contributed by atoms with E-state index in [1.54, 1.807) is 0 Å². The molecule has 0 spiro atoms. The van der Waals surface area contributed by atoms with Crippen LogP contribution in [0.4, 0.5) is 0 Å². The largest absolute Gasteiger partial charge is 0.342 e. The highest BCUT2D eigenvalue weighted by atomic mass is 16.2. The molecule has 2 saturated carbocycles. The number of piperidine rings is 1. The van der Waals surface area contributed by atoms with Crippen molar-refractivity contribution in [2.45, 2.75) is 84.1 Å². The average molecular weight is 399 g/mol. The number of rotatable bonds is 3. The summed E-state index contributed by atoms with van der Waals surface area (Å²) < 4.78 is 0. The van der Waals surface area contributed by atoms with E-state index in [4.69, 9.17) is 0 Å². The molecule has 4 atom stereocenters. The SMILES string of the molecule is CC.CC1CC2CC(C)(C(=O)N(C)C3CCNCC3)CC(c3ccccc3)(C1)C2. The maximum absolute atomic E-state index is 13.7. The Balaban J connectivity index is 0.00000117. The Bertz CT molecular complexity index is 665. The molecule has 1 amide bonds. The van der Waals surface area contributed by atoms with Crippen LogP contribution in [0.3, 0.4) is 0 Å². The predicted octanol–water partition coefficient (Wildman–Crippen LogP) is 5.40. The number of nitrogens with zero attached hydrogens (tertiary/aromatic N) is 1. The van der Waals surface area contributed by atoms with E-state index in [0.29, 0.717) is 17.9 Å². The molecule has 1 aromatic rings. The maximum Gasteiger partial charge on any atom is 0.228 e. The van der Waals surface area contributed by atoms with Gasteiger partial charge in [-0.1, -0.05) is 58.0 Å². The summed E-state index contributed by atoms with van der Waals surface area (Å²) in [5.74, 6) is 1.83. The normalized spacial score (nSPS) is 34.7. The van der Waals surface area contributed by atoms with Gasteiger partial charge in [-0.05, 0) is 80.8 Å². The number of hydrogen-bond donors (Lipinski definition) is 1. The Hall–Kier alpha value is -1.35. The zero-order valence-corrected chi connectivity index (χ0v) is 19.3. The van der Waals surface area contributed by atoms with Crippen LogP contribution in [-0.2, 0) is 10.2 Å². The van der Waals surface area contributed by atoms with E-state index in [-0.39, 0.29) is 10.8 Å². The summed E-state index contributed by atoms with van der Waals surface area (Å²) in [6.45, 7) is 10.8. The molecule has 4 rings (SSSR count). The van der Waals surface area contributed by atoms with Crippen LogP contribution in [0.2, 0.25) is 0 Å². The molecular weight excluding hydrogens is 356 g/mol. The number of nitrogens with one attached hydrogen (secondary N) is 1. The smallest absolute Gasteiger partial charge is 0.228 e. The van der Waals surface area contributed by atoms with Gasteiger partial charge in [0.05, 0.1) is 0 Å². The summed E-state index contributed by atoms with van der Waals surface area (Å²) in [5.41, 5.74) is 1.42. The molecule has 29 heavy (non-hydrogen) atoms. The van der Waals surface area contributed by atoms with Gasteiger partial charge in [-0.3, -0.25) is 4.79 Å². The van der Waals surface area contributed by atoms with Crippen LogP contribution < -0.4 is 5.32 Å². The number of amides is 1. The Morgan fingerprint density at radius 2 is 1.72 bits per heavy atom. The Kier molecular flexibility index (Phi) is 7.09. The third kappa shape index (κ3) is 4.55. The van der Waals surface area contributed by atoms with E-state index >= 15 is 0 Å². The first kappa shape index (κ1) is 22.3. The second kappa shape index (κ2) is 9.20. The van der Waals surface area contributed by atoms with Gasteiger partial charge in [0.2, 0.25) is 5.91 Å². The fraction of sp³-hybridized carbons (Fsp3) is 0.731. The highest BCUT2D eigenvalue weighted by molar-refractivity contribution is 5.83. The van der Waals surface area contributed by atoms with E-state index in [0.717, 1.165) is 44.7 Å². The number of benzene rings is 1. The van der Waals surface area contributed by atoms with E-state index in [2.05, 4.69) is 61.4 Å². The molecule has 1 aliphatic heterocycles. The van der Waals surface area contributed by atoms with E-state index in [1.807, 2.05) is 13.8 Å². The van der Waals surface area contributed by atoms with Gasteiger partial charge < -0.3 is 10.2 Å². The first-order chi connectivity index (χ1) is 13.9. The van der Waals surface area contributed by atoms with Crippen LogP contribution in [0, 0.1) is 17.3 Å². The molecule has 1 aromatic carbocycles. The summed E-state index contributed by atoms with van der Waals surface area (Å²) in [4.78, 5) is 15.8. The summed E-state index contributed by atoms with van der Waals surface area (Å²) in [5, 5.41) is 3.42. The quantitative estimate of drug-likeness (QED) is 0.739. The van der Waals surface area contributed by atoms with E-state index in [1.165, 1.54) is 24.8 Å². The van der Waals surface area contributed by atoms with Crippen molar-refractivity contribution >= 4 is 5.91 Å². The minimum Gasteiger partial charge on any atom is -0.342 e. The van der Waals surface area contributed by atoms with Gasteiger partial charge in [0.25, 0.3) is 0 Å². The van der Waals surface area contributed by atoms with Crippen LogP contribution in [-0.4, -0.2) is 37.0 Å². The standard InChI is InChI=1S/C24H36N2O.C2H6/c1-18-13-19-15-23(2,22(27)26(3)21-9-11-25-12-10-21)17-24(14-18,16-19)20-7-5-4-6-8-20;1-2/h4-8,18-19,21,25H,9-17H2,1-3H3;1-2H3. The van der Waals surface area contributed by atoms with Crippen molar-refractivity contribution in [3.63, 3.8) is 0 Å². The highest BCUT2D eigenvalue weighted by Crippen LogP contribution is 2.58. The average Bonchev–Trinajstić information content (AvgIpc) is 2.74. The highest BCUT2D eigenvalue weighted by Gasteiger charge is 2.54. The van der Waals surface area contributed by atoms with Gasteiger partial charge in [-0.15, -0.1) is 0 Å². The molecular formula is C26H42N2O. The topological polar surface area (TPSA) is 32.3 Å². The molecule has 3 nitrogen and oxygen atoms in total. The van der Waals surface area contributed by atoms with E-state index < -0.39 is 0 Å². The first-order valence-corrected chi connectivity index (χ1v) is 12.0. The summed E-state index contributed by atoms with van der Waals surface area (Å²) in [7, 11) is 2.06. The third-order valence-electron chi connectivity index (χ3n) is 7.70.